The van der Waals surface area contributed by atoms with Crippen molar-refractivity contribution < 1.29 is 9.13 Å². The largest absolute Gasteiger partial charge is 0.259 e. The summed E-state index contributed by atoms with van der Waals surface area (Å²) >= 11 is 1.35. The Morgan fingerprint density at radius 2 is 2.00 bits per heavy atom. The lowest BCUT2D eigenvalue weighted by Gasteiger charge is -2.03. The highest BCUT2D eigenvalue weighted by atomic mass is 32.2. The van der Waals surface area contributed by atoms with Crippen LogP contribution in [0.2, 0.25) is 0 Å². The van der Waals surface area contributed by atoms with E-state index in [1.54, 1.807) is 0 Å². The second-order valence-electron chi connectivity index (χ2n) is 3.34. The highest BCUT2D eigenvalue weighted by molar-refractivity contribution is 8.16. The predicted molar refractivity (Wildman–Crippen MR) is 70.4 cm³/mol. The third-order valence-corrected chi connectivity index (χ3v) is 4.87. The van der Waals surface area contributed by atoms with Crippen molar-refractivity contribution in [2.75, 3.05) is 11.5 Å². The molecule has 4 nitrogen and oxygen atoms in total. The molecule has 94 valence electrons. The maximum Gasteiger partial charge on any atom is 0.256 e. The molecule has 0 rings (SSSR count). The minimum Gasteiger partial charge on any atom is -0.259 e. The van der Waals surface area contributed by atoms with Gasteiger partial charge in [0.2, 0.25) is 0 Å². The number of hydrogen-bond acceptors (Lipinski definition) is 4. The summed E-state index contributed by atoms with van der Waals surface area (Å²) in [6.45, 7) is 4.07. The molecule has 0 aliphatic carbocycles. The summed E-state index contributed by atoms with van der Waals surface area (Å²) in [5, 5.41) is 10.4. The lowest BCUT2D eigenvalue weighted by Crippen LogP contribution is -2.01. The fourth-order valence-electron chi connectivity index (χ4n) is 0.941. The van der Waals surface area contributed by atoms with Gasteiger partial charge in [-0.3, -0.25) is 14.3 Å². The van der Waals surface area contributed by atoms with Gasteiger partial charge in [-0.25, -0.2) is 0 Å². The van der Waals surface area contributed by atoms with E-state index in [1.807, 2.05) is 6.92 Å². The van der Waals surface area contributed by atoms with Crippen LogP contribution in [0.5, 0.6) is 0 Å². The Bertz CT molecular complexity index is 267. The summed E-state index contributed by atoms with van der Waals surface area (Å²) in [7, 11) is -1.20. The van der Waals surface area contributed by atoms with Crippen molar-refractivity contribution in [3.63, 3.8) is 0 Å². The van der Waals surface area contributed by atoms with Crippen LogP contribution in [-0.2, 0) is 10.8 Å². The molecule has 16 heavy (non-hydrogen) atoms. The Hall–Kier alpha value is -0.360. The van der Waals surface area contributed by atoms with E-state index in [4.69, 9.17) is 0 Å². The van der Waals surface area contributed by atoms with Gasteiger partial charge in [0, 0.05) is 5.75 Å². The first kappa shape index (κ1) is 15.6. The fourth-order valence-corrected chi connectivity index (χ4v) is 3.72. The normalized spacial score (nSPS) is 13.8. The predicted octanol–water partition coefficient (Wildman–Crippen LogP) is 3.14. The highest BCUT2D eigenvalue weighted by Crippen LogP contribution is 2.22. The summed E-state index contributed by atoms with van der Waals surface area (Å²) in [5.74, 6) is 1.32. The van der Waals surface area contributed by atoms with Crippen LogP contribution in [0, 0.1) is 10.1 Å². The first-order valence-corrected chi connectivity index (χ1v) is 7.78. The Labute approximate surface area is 103 Å². The zero-order valence-corrected chi connectivity index (χ0v) is 11.4. The van der Waals surface area contributed by atoms with Crippen LogP contribution in [-0.4, -0.2) is 20.6 Å². The summed E-state index contributed by atoms with van der Waals surface area (Å²) < 4.78 is 12.2. The lowest BCUT2D eigenvalue weighted by molar-refractivity contribution is -0.402. The molecule has 0 saturated carbocycles. The van der Waals surface area contributed by atoms with Crippen molar-refractivity contribution in [3.05, 3.63) is 20.6 Å². The van der Waals surface area contributed by atoms with Gasteiger partial charge in [-0.15, -0.1) is 11.8 Å². The molecule has 0 aliphatic rings. The molecule has 0 saturated heterocycles. The standard InChI is InChI=1S/C10H19NO3S2/c1-3-5-7-15-10(9-11(12)13)16(14)8-6-4-2/h9H,3-8H2,1-2H3/b10-9+. The summed E-state index contributed by atoms with van der Waals surface area (Å²) in [4.78, 5) is 9.89. The zero-order valence-electron chi connectivity index (χ0n) is 9.81. The van der Waals surface area contributed by atoms with E-state index in [0.29, 0.717) is 9.99 Å². The first-order chi connectivity index (χ1) is 7.61. The average Bonchev–Trinajstić information content (AvgIpc) is 2.24. The van der Waals surface area contributed by atoms with E-state index in [0.717, 1.165) is 37.6 Å². The zero-order chi connectivity index (χ0) is 12.4. The van der Waals surface area contributed by atoms with E-state index in [9.17, 15) is 14.3 Å². The summed E-state index contributed by atoms with van der Waals surface area (Å²) in [6, 6.07) is 0. The third kappa shape index (κ3) is 7.87. The summed E-state index contributed by atoms with van der Waals surface area (Å²) in [6.07, 6.45) is 4.73. The van der Waals surface area contributed by atoms with Crippen LogP contribution in [0.15, 0.2) is 10.4 Å². The van der Waals surface area contributed by atoms with E-state index in [2.05, 4.69) is 6.92 Å². The van der Waals surface area contributed by atoms with Gasteiger partial charge in [0.25, 0.3) is 6.20 Å². The van der Waals surface area contributed by atoms with Gasteiger partial charge >= 0.3 is 0 Å². The molecule has 1 atom stereocenters. The maximum absolute atomic E-state index is 11.7. The van der Waals surface area contributed by atoms with E-state index in [1.165, 1.54) is 11.8 Å². The maximum atomic E-state index is 11.7. The number of rotatable bonds is 9. The van der Waals surface area contributed by atoms with E-state index < -0.39 is 15.7 Å². The smallest absolute Gasteiger partial charge is 0.256 e. The minimum absolute atomic E-state index is 0.409. The van der Waals surface area contributed by atoms with Crippen LogP contribution in [0.4, 0.5) is 0 Å². The molecule has 0 amide bonds. The Kier molecular flexibility index (Phi) is 9.62. The number of unbranched alkanes of at least 4 members (excludes halogenated alkanes) is 2. The molecule has 0 aromatic heterocycles. The SMILES string of the molecule is CCCCS/C(=C\[N+](=O)[O-])S(=O)CCCC. The average molecular weight is 265 g/mol. The quantitative estimate of drug-likeness (QED) is 0.365. The van der Waals surface area contributed by atoms with Crippen molar-refractivity contribution in [1.29, 1.82) is 0 Å². The highest BCUT2D eigenvalue weighted by Gasteiger charge is 2.12. The molecule has 0 aromatic carbocycles. The molecule has 6 heteroatoms. The van der Waals surface area contributed by atoms with Crippen LogP contribution in [0.1, 0.15) is 39.5 Å². The molecule has 0 radical (unpaired) electrons. The number of nitrogens with zero attached hydrogens (tertiary/aromatic N) is 1. The number of nitro groups is 1. The molecular weight excluding hydrogens is 246 g/mol. The van der Waals surface area contributed by atoms with E-state index >= 15 is 0 Å². The van der Waals surface area contributed by atoms with E-state index in [-0.39, 0.29) is 0 Å². The van der Waals surface area contributed by atoms with Gasteiger partial charge in [-0.1, -0.05) is 26.7 Å². The first-order valence-electron chi connectivity index (χ1n) is 5.48. The van der Waals surface area contributed by atoms with Crippen molar-refractivity contribution in [1.82, 2.24) is 0 Å². The van der Waals surface area contributed by atoms with Crippen LogP contribution in [0.3, 0.4) is 0 Å². The Balaban J connectivity index is 4.30. The summed E-state index contributed by atoms with van der Waals surface area (Å²) in [5.41, 5.74) is 0. The molecule has 0 fully saturated rings. The monoisotopic (exact) mass is 265 g/mol. The van der Waals surface area contributed by atoms with Gasteiger partial charge in [0.05, 0.1) is 15.7 Å². The third-order valence-electron chi connectivity index (χ3n) is 1.86. The fraction of sp³-hybridized carbons (Fsp3) is 0.800. The molecule has 0 N–H and O–H groups in total. The minimum atomic E-state index is -1.20. The van der Waals surface area contributed by atoms with Crippen LogP contribution in [0.25, 0.3) is 0 Å². The molecule has 0 aromatic rings. The van der Waals surface area contributed by atoms with Crippen molar-refractivity contribution in [2.24, 2.45) is 0 Å². The molecular formula is C10H19NO3S2. The molecule has 0 spiro atoms. The topological polar surface area (TPSA) is 60.2 Å². The molecule has 0 heterocycles. The van der Waals surface area contributed by atoms with Crippen molar-refractivity contribution >= 4 is 22.6 Å². The van der Waals surface area contributed by atoms with Crippen LogP contribution >= 0.6 is 11.8 Å². The van der Waals surface area contributed by atoms with Crippen molar-refractivity contribution in [3.8, 4) is 0 Å². The van der Waals surface area contributed by atoms with Gasteiger partial charge in [0.1, 0.15) is 4.24 Å². The van der Waals surface area contributed by atoms with Crippen LogP contribution < -0.4 is 0 Å². The Morgan fingerprint density at radius 1 is 1.38 bits per heavy atom. The lowest BCUT2D eigenvalue weighted by atomic mass is 10.4. The van der Waals surface area contributed by atoms with Gasteiger partial charge < -0.3 is 0 Å². The van der Waals surface area contributed by atoms with Gasteiger partial charge in [-0.05, 0) is 18.6 Å². The second kappa shape index (κ2) is 9.84. The second-order valence-corrected chi connectivity index (χ2v) is 6.27. The molecule has 0 bridgehead atoms. The Morgan fingerprint density at radius 3 is 2.50 bits per heavy atom. The van der Waals surface area contributed by atoms with Gasteiger partial charge in [-0.2, -0.15) is 0 Å². The van der Waals surface area contributed by atoms with Crippen molar-refractivity contribution in [2.45, 2.75) is 39.5 Å². The van der Waals surface area contributed by atoms with Gasteiger partial charge in [0.15, 0.2) is 0 Å². The molecule has 1 unspecified atom stereocenters. The number of hydrogen-bond donors (Lipinski definition) is 0. The number of thioether (sulfide) groups is 1. The molecule has 0 aliphatic heterocycles.